The van der Waals surface area contributed by atoms with Crippen molar-refractivity contribution in [2.75, 3.05) is 0 Å². The van der Waals surface area contributed by atoms with Gasteiger partial charge in [0.25, 0.3) is 0 Å². The van der Waals surface area contributed by atoms with Crippen molar-refractivity contribution in [2.24, 2.45) is 0 Å². The van der Waals surface area contributed by atoms with Crippen molar-refractivity contribution in [3.8, 4) is 0 Å². The molecule has 2 rings (SSSR count). The maximum Gasteiger partial charge on any atom is 0.127 e. The lowest BCUT2D eigenvalue weighted by Crippen LogP contribution is -1.89. The zero-order valence-corrected chi connectivity index (χ0v) is 11.3. The molecular formula is C13H15ClOS. The van der Waals surface area contributed by atoms with E-state index in [0.717, 1.165) is 17.9 Å². The molecule has 1 atom stereocenters. The fourth-order valence-electron chi connectivity index (χ4n) is 1.76. The van der Waals surface area contributed by atoms with Crippen LogP contribution in [0.15, 0.2) is 22.6 Å². The Hall–Kier alpha value is -0.730. The number of alkyl halides is 1. The van der Waals surface area contributed by atoms with E-state index in [-0.39, 0.29) is 5.38 Å². The predicted octanol–water partition coefficient (Wildman–Crippen LogP) is 4.85. The van der Waals surface area contributed by atoms with E-state index >= 15 is 0 Å². The summed E-state index contributed by atoms with van der Waals surface area (Å²) < 4.78 is 5.69. The number of thiophene rings is 1. The van der Waals surface area contributed by atoms with Gasteiger partial charge in [-0.25, -0.2) is 0 Å². The summed E-state index contributed by atoms with van der Waals surface area (Å²) in [6.07, 6.45) is 0.909. The Morgan fingerprint density at radius 2 is 2.12 bits per heavy atom. The summed E-state index contributed by atoms with van der Waals surface area (Å²) >= 11 is 8.18. The van der Waals surface area contributed by atoms with Crippen molar-refractivity contribution in [3.63, 3.8) is 0 Å². The lowest BCUT2D eigenvalue weighted by atomic mass is 10.2. The van der Waals surface area contributed by atoms with Gasteiger partial charge in [0.1, 0.15) is 16.9 Å². The molecule has 2 aromatic rings. The van der Waals surface area contributed by atoms with E-state index in [2.05, 4.69) is 26.8 Å². The smallest absolute Gasteiger partial charge is 0.127 e. The Morgan fingerprint density at radius 1 is 1.38 bits per heavy atom. The van der Waals surface area contributed by atoms with Crippen LogP contribution in [0.1, 0.15) is 39.1 Å². The van der Waals surface area contributed by atoms with Crippen LogP contribution in [-0.2, 0) is 6.42 Å². The molecule has 0 bridgehead atoms. The molecule has 0 saturated carbocycles. The summed E-state index contributed by atoms with van der Waals surface area (Å²) in [4.78, 5) is 2.48. The number of hydrogen-bond acceptors (Lipinski definition) is 2. The average Bonchev–Trinajstić information content (AvgIpc) is 2.84. The van der Waals surface area contributed by atoms with Crippen LogP contribution in [0, 0.1) is 13.8 Å². The van der Waals surface area contributed by atoms with Crippen molar-refractivity contribution in [1.82, 2.24) is 0 Å². The van der Waals surface area contributed by atoms with Crippen LogP contribution in [0.2, 0.25) is 0 Å². The minimum atomic E-state index is -0.154. The SMILES string of the molecule is CCc1ccc(C(Cl)c2sc(C)cc2C)o1. The van der Waals surface area contributed by atoms with Gasteiger partial charge in [0, 0.05) is 16.2 Å². The molecule has 86 valence electrons. The summed E-state index contributed by atoms with van der Waals surface area (Å²) in [5, 5.41) is -0.154. The van der Waals surface area contributed by atoms with Gasteiger partial charge in [-0.05, 0) is 37.6 Å². The number of rotatable bonds is 3. The molecule has 2 aromatic heterocycles. The second-order valence-corrected chi connectivity index (χ2v) is 5.65. The van der Waals surface area contributed by atoms with Gasteiger partial charge in [-0.15, -0.1) is 22.9 Å². The minimum absolute atomic E-state index is 0.154. The third-order valence-corrected chi connectivity index (χ3v) is 4.37. The van der Waals surface area contributed by atoms with Gasteiger partial charge >= 0.3 is 0 Å². The third-order valence-electron chi connectivity index (χ3n) is 2.59. The minimum Gasteiger partial charge on any atom is -0.464 e. The van der Waals surface area contributed by atoms with E-state index in [0.29, 0.717) is 0 Å². The molecule has 0 aliphatic heterocycles. The van der Waals surface area contributed by atoms with Crippen molar-refractivity contribution >= 4 is 22.9 Å². The first-order chi connectivity index (χ1) is 7.61. The van der Waals surface area contributed by atoms with Crippen LogP contribution in [0.4, 0.5) is 0 Å². The second-order valence-electron chi connectivity index (χ2n) is 3.92. The maximum atomic E-state index is 6.44. The average molecular weight is 255 g/mol. The van der Waals surface area contributed by atoms with Crippen LogP contribution < -0.4 is 0 Å². The summed E-state index contributed by atoms with van der Waals surface area (Å²) in [6.45, 7) is 6.27. The molecule has 0 fully saturated rings. The van der Waals surface area contributed by atoms with E-state index in [1.54, 1.807) is 11.3 Å². The summed E-state index contributed by atoms with van der Waals surface area (Å²) in [5.74, 6) is 1.84. The van der Waals surface area contributed by atoms with E-state index in [4.69, 9.17) is 16.0 Å². The topological polar surface area (TPSA) is 13.1 Å². The Kier molecular flexibility index (Phi) is 3.41. The Balaban J connectivity index is 2.31. The molecule has 0 aliphatic rings. The molecule has 16 heavy (non-hydrogen) atoms. The zero-order chi connectivity index (χ0) is 11.7. The van der Waals surface area contributed by atoms with E-state index in [1.807, 2.05) is 12.1 Å². The second kappa shape index (κ2) is 4.64. The largest absolute Gasteiger partial charge is 0.464 e. The fourth-order valence-corrected chi connectivity index (χ4v) is 3.21. The highest BCUT2D eigenvalue weighted by molar-refractivity contribution is 7.12. The van der Waals surface area contributed by atoms with Gasteiger partial charge in [0.05, 0.1) is 0 Å². The molecule has 1 unspecified atom stereocenters. The zero-order valence-electron chi connectivity index (χ0n) is 9.71. The Labute approximate surface area is 105 Å². The summed E-state index contributed by atoms with van der Waals surface area (Å²) in [7, 11) is 0. The first kappa shape index (κ1) is 11.7. The number of hydrogen-bond donors (Lipinski definition) is 0. The van der Waals surface area contributed by atoms with Crippen molar-refractivity contribution < 1.29 is 4.42 Å². The first-order valence-corrected chi connectivity index (χ1v) is 6.66. The molecule has 2 heterocycles. The van der Waals surface area contributed by atoms with E-state index in [9.17, 15) is 0 Å². The normalized spacial score (nSPS) is 13.0. The van der Waals surface area contributed by atoms with Gasteiger partial charge in [0.2, 0.25) is 0 Å². The van der Waals surface area contributed by atoms with Crippen LogP contribution in [-0.4, -0.2) is 0 Å². The lowest BCUT2D eigenvalue weighted by Gasteiger charge is -2.05. The third kappa shape index (κ3) is 2.18. The molecule has 0 radical (unpaired) electrons. The highest BCUT2D eigenvalue weighted by atomic mass is 35.5. The number of halogens is 1. The molecule has 0 N–H and O–H groups in total. The standard InChI is InChI=1S/C13H15ClOS/c1-4-10-5-6-11(15-10)12(14)13-8(2)7-9(3)16-13/h5-7,12H,4H2,1-3H3. The van der Waals surface area contributed by atoms with Crippen LogP contribution >= 0.6 is 22.9 Å². The van der Waals surface area contributed by atoms with Crippen molar-refractivity contribution in [3.05, 3.63) is 45.0 Å². The van der Waals surface area contributed by atoms with E-state index < -0.39 is 0 Å². The Bertz CT molecular complexity index is 484. The highest BCUT2D eigenvalue weighted by Gasteiger charge is 2.18. The molecule has 3 heteroatoms. The summed E-state index contributed by atoms with van der Waals surface area (Å²) in [5.41, 5.74) is 1.25. The molecule has 0 spiro atoms. The molecule has 1 nitrogen and oxygen atoms in total. The Morgan fingerprint density at radius 3 is 2.62 bits per heavy atom. The first-order valence-electron chi connectivity index (χ1n) is 5.41. The lowest BCUT2D eigenvalue weighted by molar-refractivity contribution is 0.475. The van der Waals surface area contributed by atoms with Crippen LogP contribution in [0.5, 0.6) is 0 Å². The monoisotopic (exact) mass is 254 g/mol. The predicted molar refractivity (Wildman–Crippen MR) is 69.6 cm³/mol. The fraction of sp³-hybridized carbons (Fsp3) is 0.385. The quantitative estimate of drug-likeness (QED) is 0.714. The number of aryl methyl sites for hydroxylation is 3. The van der Waals surface area contributed by atoms with E-state index in [1.165, 1.54) is 15.3 Å². The highest BCUT2D eigenvalue weighted by Crippen LogP contribution is 2.37. The van der Waals surface area contributed by atoms with Crippen molar-refractivity contribution in [1.29, 1.82) is 0 Å². The molecular weight excluding hydrogens is 240 g/mol. The molecule has 0 amide bonds. The summed E-state index contributed by atoms with van der Waals surface area (Å²) in [6, 6.07) is 6.14. The van der Waals surface area contributed by atoms with Gasteiger partial charge in [-0.3, -0.25) is 0 Å². The van der Waals surface area contributed by atoms with Crippen LogP contribution in [0.25, 0.3) is 0 Å². The van der Waals surface area contributed by atoms with Gasteiger partial charge in [-0.1, -0.05) is 6.92 Å². The van der Waals surface area contributed by atoms with Gasteiger partial charge < -0.3 is 4.42 Å². The van der Waals surface area contributed by atoms with Crippen molar-refractivity contribution in [2.45, 2.75) is 32.6 Å². The van der Waals surface area contributed by atoms with Crippen LogP contribution in [0.3, 0.4) is 0 Å². The molecule has 0 aliphatic carbocycles. The van der Waals surface area contributed by atoms with Gasteiger partial charge in [-0.2, -0.15) is 0 Å². The van der Waals surface area contributed by atoms with Gasteiger partial charge in [0.15, 0.2) is 0 Å². The molecule has 0 saturated heterocycles. The number of furan rings is 1. The molecule has 0 aromatic carbocycles. The maximum absolute atomic E-state index is 6.44.